The van der Waals surface area contributed by atoms with E-state index >= 15 is 0 Å². The molecule has 0 spiro atoms. The summed E-state index contributed by atoms with van der Waals surface area (Å²) >= 11 is 16.1. The third-order valence-corrected chi connectivity index (χ3v) is 3.73. The van der Waals surface area contributed by atoms with Gasteiger partial charge in [-0.25, -0.2) is 4.68 Å². The zero-order valence-electron chi connectivity index (χ0n) is 10.6. The molecule has 126 valence electrons. The molecule has 2 aromatic rings. The van der Waals surface area contributed by atoms with E-state index in [9.17, 15) is 26.3 Å². The number of nitrogen functional groups attached to an aromatic ring is 1. The van der Waals surface area contributed by atoms with Crippen LogP contribution < -0.4 is 5.73 Å². The van der Waals surface area contributed by atoms with Gasteiger partial charge < -0.3 is 5.73 Å². The molecule has 3 nitrogen and oxygen atoms in total. The van der Waals surface area contributed by atoms with Gasteiger partial charge in [-0.15, -0.1) is 0 Å². The standard InChI is InChI=1S/C11H5Cl2F6N3S/c12-4-1-3(10(14,15)16)2-5(13)7(4)22-9(23)6(8(20)21-22)11(17,18)19/h1-2,21H,20H2. The Balaban J connectivity index is 2.73. The Morgan fingerprint density at radius 2 is 1.48 bits per heavy atom. The summed E-state index contributed by atoms with van der Waals surface area (Å²) in [6.07, 6.45) is -9.58. The molecule has 0 saturated carbocycles. The highest BCUT2D eigenvalue weighted by Gasteiger charge is 2.38. The van der Waals surface area contributed by atoms with E-state index in [0.29, 0.717) is 16.8 Å². The smallest absolute Gasteiger partial charge is 0.384 e. The van der Waals surface area contributed by atoms with Crippen molar-refractivity contribution < 1.29 is 26.3 Å². The molecule has 0 amide bonds. The molecule has 0 aliphatic rings. The van der Waals surface area contributed by atoms with Gasteiger partial charge in [-0.05, 0) is 12.1 Å². The van der Waals surface area contributed by atoms with E-state index < -0.39 is 44.0 Å². The Morgan fingerprint density at radius 1 is 1.00 bits per heavy atom. The first-order valence-corrected chi connectivity index (χ1v) is 6.74. The van der Waals surface area contributed by atoms with Crippen LogP contribution in [0.3, 0.4) is 0 Å². The van der Waals surface area contributed by atoms with Gasteiger partial charge in [-0.3, -0.25) is 5.10 Å². The summed E-state index contributed by atoms with van der Waals surface area (Å²) in [5, 5.41) is 1.00. The minimum atomic E-state index is -4.85. The van der Waals surface area contributed by atoms with Crippen LogP contribution in [0.2, 0.25) is 10.0 Å². The monoisotopic (exact) mass is 395 g/mol. The third kappa shape index (κ3) is 3.29. The fourth-order valence-electron chi connectivity index (χ4n) is 1.83. The number of hydrogen-bond donors (Lipinski definition) is 2. The van der Waals surface area contributed by atoms with Crippen molar-refractivity contribution in [2.24, 2.45) is 0 Å². The van der Waals surface area contributed by atoms with Crippen molar-refractivity contribution >= 4 is 41.2 Å². The van der Waals surface area contributed by atoms with Gasteiger partial charge in [0, 0.05) is 0 Å². The number of halogens is 8. The third-order valence-electron chi connectivity index (χ3n) is 2.77. The van der Waals surface area contributed by atoms with E-state index in [1.54, 1.807) is 0 Å². The normalized spacial score (nSPS) is 12.7. The van der Waals surface area contributed by atoms with Crippen molar-refractivity contribution in [3.8, 4) is 5.69 Å². The second kappa shape index (κ2) is 5.60. The van der Waals surface area contributed by atoms with Crippen molar-refractivity contribution in [1.29, 1.82) is 0 Å². The summed E-state index contributed by atoms with van der Waals surface area (Å²) in [6.45, 7) is 0. The highest BCUT2D eigenvalue weighted by Crippen LogP contribution is 2.40. The first-order valence-electron chi connectivity index (χ1n) is 5.58. The first-order chi connectivity index (χ1) is 10.3. The molecular formula is C11H5Cl2F6N3S. The van der Waals surface area contributed by atoms with Crippen molar-refractivity contribution in [2.45, 2.75) is 12.4 Å². The number of H-pyrrole nitrogens is 1. The number of nitrogens with two attached hydrogens (primary N) is 1. The van der Waals surface area contributed by atoms with Crippen molar-refractivity contribution in [1.82, 2.24) is 9.78 Å². The van der Waals surface area contributed by atoms with Crippen LogP contribution in [0.25, 0.3) is 5.69 Å². The number of rotatable bonds is 1. The number of nitrogens with zero attached hydrogens (tertiary/aromatic N) is 1. The molecule has 1 aromatic heterocycles. The molecule has 2 rings (SSSR count). The summed E-state index contributed by atoms with van der Waals surface area (Å²) in [6, 6.07) is 1.05. The maximum atomic E-state index is 12.9. The first kappa shape index (κ1) is 18.0. The van der Waals surface area contributed by atoms with Crippen molar-refractivity contribution in [2.75, 3.05) is 5.73 Å². The lowest BCUT2D eigenvalue weighted by Gasteiger charge is -2.13. The largest absolute Gasteiger partial charge is 0.422 e. The predicted octanol–water partition coefficient (Wildman–Crippen LogP) is 5.46. The van der Waals surface area contributed by atoms with Crippen molar-refractivity contribution in [3.05, 3.63) is 37.9 Å². The fourth-order valence-corrected chi connectivity index (χ4v) is 2.85. The molecule has 12 heteroatoms. The summed E-state index contributed by atoms with van der Waals surface area (Å²) in [5.74, 6) is -0.811. The number of aromatic amines is 1. The Hall–Kier alpha value is -1.39. The van der Waals surface area contributed by atoms with E-state index in [-0.39, 0.29) is 5.69 Å². The number of aromatic nitrogens is 2. The van der Waals surface area contributed by atoms with Gasteiger partial charge in [0.25, 0.3) is 0 Å². The minimum absolute atomic E-state index is 0.367. The predicted molar refractivity (Wildman–Crippen MR) is 75.4 cm³/mol. The summed E-state index contributed by atoms with van der Waals surface area (Å²) in [5.41, 5.74) is 2.38. The zero-order chi connectivity index (χ0) is 17.7. The van der Waals surface area contributed by atoms with E-state index in [4.69, 9.17) is 28.9 Å². The molecule has 0 aliphatic heterocycles. The summed E-state index contributed by atoms with van der Waals surface area (Å²) in [7, 11) is 0. The molecular weight excluding hydrogens is 391 g/mol. The van der Waals surface area contributed by atoms with Gasteiger partial charge in [0.05, 0.1) is 15.6 Å². The number of hydrogen-bond acceptors (Lipinski definition) is 2. The molecule has 1 aromatic carbocycles. The average Bonchev–Trinajstić information content (AvgIpc) is 2.62. The SMILES string of the molecule is Nc1[nH]n(-c2c(Cl)cc(C(F)(F)F)cc2Cl)c(=S)c1C(F)(F)F. The van der Waals surface area contributed by atoms with Crippen LogP contribution in [0.1, 0.15) is 11.1 Å². The van der Waals surface area contributed by atoms with Gasteiger partial charge in [0.1, 0.15) is 21.7 Å². The molecule has 0 bridgehead atoms. The summed E-state index contributed by atoms with van der Waals surface area (Å²) < 4.78 is 76.4. The second-order valence-electron chi connectivity index (χ2n) is 4.33. The van der Waals surface area contributed by atoms with Crippen LogP contribution in [-0.4, -0.2) is 9.78 Å². The van der Waals surface area contributed by atoms with Crippen LogP contribution >= 0.6 is 35.4 Å². The molecule has 0 aliphatic carbocycles. The van der Waals surface area contributed by atoms with Gasteiger partial charge in [0.15, 0.2) is 0 Å². The Kier molecular flexibility index (Phi) is 4.37. The van der Waals surface area contributed by atoms with E-state index in [0.717, 1.165) is 0 Å². The van der Waals surface area contributed by atoms with E-state index in [1.807, 2.05) is 0 Å². The van der Waals surface area contributed by atoms with Crippen LogP contribution in [0, 0.1) is 4.64 Å². The van der Waals surface area contributed by atoms with E-state index in [2.05, 4.69) is 17.3 Å². The maximum Gasteiger partial charge on any atom is 0.422 e. The minimum Gasteiger partial charge on any atom is -0.384 e. The number of nitrogens with one attached hydrogen (secondary N) is 1. The Bertz CT molecular complexity index is 798. The van der Waals surface area contributed by atoms with Crippen LogP contribution in [0.5, 0.6) is 0 Å². The van der Waals surface area contributed by atoms with Crippen LogP contribution in [-0.2, 0) is 12.4 Å². The molecule has 3 N–H and O–H groups in total. The lowest BCUT2D eigenvalue weighted by molar-refractivity contribution is -0.138. The van der Waals surface area contributed by atoms with Gasteiger partial charge in [-0.1, -0.05) is 35.4 Å². The maximum absolute atomic E-state index is 12.9. The zero-order valence-corrected chi connectivity index (χ0v) is 12.9. The van der Waals surface area contributed by atoms with Crippen molar-refractivity contribution in [3.63, 3.8) is 0 Å². The summed E-state index contributed by atoms with van der Waals surface area (Å²) in [4.78, 5) is 0. The van der Waals surface area contributed by atoms with Gasteiger partial charge >= 0.3 is 12.4 Å². The molecule has 0 radical (unpaired) electrons. The van der Waals surface area contributed by atoms with Crippen LogP contribution in [0.15, 0.2) is 12.1 Å². The van der Waals surface area contributed by atoms with Gasteiger partial charge in [0.2, 0.25) is 0 Å². The van der Waals surface area contributed by atoms with E-state index in [1.165, 1.54) is 0 Å². The number of alkyl halides is 6. The molecule has 0 fully saturated rings. The molecule has 0 saturated heterocycles. The number of anilines is 1. The lowest BCUT2D eigenvalue weighted by Crippen LogP contribution is -2.08. The number of benzene rings is 1. The molecule has 0 atom stereocenters. The average molecular weight is 396 g/mol. The fraction of sp³-hybridized carbons (Fsp3) is 0.182. The highest BCUT2D eigenvalue weighted by molar-refractivity contribution is 7.71. The molecule has 0 unspecified atom stereocenters. The van der Waals surface area contributed by atoms with Crippen LogP contribution in [0.4, 0.5) is 32.2 Å². The second-order valence-corrected chi connectivity index (χ2v) is 5.53. The topological polar surface area (TPSA) is 46.7 Å². The highest BCUT2D eigenvalue weighted by atomic mass is 35.5. The quantitative estimate of drug-likeness (QED) is 0.497. The Labute approximate surface area is 139 Å². The molecule has 23 heavy (non-hydrogen) atoms. The lowest BCUT2D eigenvalue weighted by atomic mass is 10.2. The molecule has 1 heterocycles. The Morgan fingerprint density at radius 3 is 1.83 bits per heavy atom. The van der Waals surface area contributed by atoms with Gasteiger partial charge in [-0.2, -0.15) is 26.3 Å².